The van der Waals surface area contributed by atoms with Crippen molar-refractivity contribution in [2.75, 3.05) is 0 Å². The molecule has 1 N–H and O–H groups in total. The van der Waals surface area contributed by atoms with Gasteiger partial charge in [-0.15, -0.1) is 0 Å². The Bertz CT molecular complexity index is 766. The fraction of sp³-hybridized carbons (Fsp3) is 0.0714. The molecule has 2 aromatic rings. The summed E-state index contributed by atoms with van der Waals surface area (Å²) >= 11 is 0. The van der Waals surface area contributed by atoms with E-state index in [0.717, 1.165) is 16.7 Å². The van der Waals surface area contributed by atoms with Gasteiger partial charge in [-0.3, -0.25) is 4.55 Å². The summed E-state index contributed by atoms with van der Waals surface area (Å²) in [6.45, 7) is 0. The molecule has 116 valence electrons. The summed E-state index contributed by atoms with van der Waals surface area (Å²) in [6, 6.07) is 19.8. The van der Waals surface area contributed by atoms with Crippen molar-refractivity contribution in [3.63, 3.8) is 0 Å². The van der Waals surface area contributed by atoms with Gasteiger partial charge in [0, 0.05) is 0 Å². The van der Waals surface area contributed by atoms with E-state index in [-0.39, 0.29) is 0 Å². The van der Waals surface area contributed by atoms with Crippen LogP contribution < -0.4 is 0 Å². The number of hydrogen-bond acceptors (Lipinski definition) is 3. The van der Waals surface area contributed by atoms with Crippen molar-refractivity contribution in [2.45, 2.75) is 5.51 Å². The third-order valence-corrected chi connectivity index (χ3v) is 3.01. The second kappa shape index (κ2) is 7.06. The zero-order chi connectivity index (χ0) is 16.8. The van der Waals surface area contributed by atoms with Crippen LogP contribution in [0.4, 0.5) is 13.2 Å². The zero-order valence-electron chi connectivity index (χ0n) is 10.9. The molecule has 22 heavy (non-hydrogen) atoms. The van der Waals surface area contributed by atoms with Crippen molar-refractivity contribution in [1.82, 2.24) is 0 Å². The van der Waals surface area contributed by atoms with Crippen LogP contribution in [0.3, 0.4) is 0 Å². The van der Waals surface area contributed by atoms with E-state index in [1.54, 1.807) is 0 Å². The average Bonchev–Trinajstić information content (AvgIpc) is 2.47. The summed E-state index contributed by atoms with van der Waals surface area (Å²) in [6.07, 6.45) is 0. The number of nitriles is 1. The van der Waals surface area contributed by atoms with Crippen LogP contribution in [0, 0.1) is 11.3 Å². The van der Waals surface area contributed by atoms with Gasteiger partial charge in [-0.05, 0) is 17.2 Å². The van der Waals surface area contributed by atoms with Gasteiger partial charge in [-0.1, -0.05) is 48.5 Å². The first-order valence-electron chi connectivity index (χ1n) is 5.75. The fourth-order valence-electron chi connectivity index (χ4n) is 1.45. The highest BCUT2D eigenvalue weighted by Crippen LogP contribution is 2.22. The van der Waals surface area contributed by atoms with Crippen LogP contribution in [0.25, 0.3) is 11.1 Å². The summed E-state index contributed by atoms with van der Waals surface area (Å²) in [5, 5.41) is 8.93. The molecule has 0 aliphatic rings. The number of benzene rings is 2. The minimum Gasteiger partial charge on any atom is -0.279 e. The molecule has 0 atom stereocenters. The van der Waals surface area contributed by atoms with Gasteiger partial charge in [0.25, 0.3) is 0 Å². The average molecular weight is 329 g/mol. The highest BCUT2D eigenvalue weighted by atomic mass is 32.2. The molecule has 0 aliphatic carbocycles. The van der Waals surface area contributed by atoms with Crippen molar-refractivity contribution < 1.29 is 26.1 Å². The van der Waals surface area contributed by atoms with E-state index >= 15 is 0 Å². The highest BCUT2D eigenvalue weighted by Gasteiger charge is 2.44. The lowest BCUT2D eigenvalue weighted by atomic mass is 10.0. The van der Waals surface area contributed by atoms with Crippen molar-refractivity contribution >= 4 is 10.1 Å². The molecule has 0 aliphatic heterocycles. The fourth-order valence-corrected chi connectivity index (χ4v) is 1.45. The molecule has 4 nitrogen and oxygen atoms in total. The lowest BCUT2D eigenvalue weighted by Gasteiger charge is -2.02. The number of rotatable bonds is 1. The quantitative estimate of drug-likeness (QED) is 0.640. The van der Waals surface area contributed by atoms with E-state index in [1.165, 1.54) is 0 Å². The van der Waals surface area contributed by atoms with Crippen molar-refractivity contribution in [2.24, 2.45) is 0 Å². The Morgan fingerprint density at radius 2 is 1.41 bits per heavy atom. The molecule has 0 heterocycles. The van der Waals surface area contributed by atoms with Crippen LogP contribution in [0.1, 0.15) is 5.56 Å². The van der Waals surface area contributed by atoms with Crippen molar-refractivity contribution in [3.05, 3.63) is 60.2 Å². The van der Waals surface area contributed by atoms with Crippen LogP contribution >= 0.6 is 0 Å². The van der Waals surface area contributed by atoms with Crippen LogP contribution in [0.2, 0.25) is 0 Å². The molecule has 0 fully saturated rings. The van der Waals surface area contributed by atoms with Gasteiger partial charge in [0.15, 0.2) is 0 Å². The molecular formula is C14H10F3NO3S. The molecule has 2 rings (SSSR count). The van der Waals surface area contributed by atoms with Crippen LogP contribution in [-0.2, 0) is 10.1 Å². The Morgan fingerprint density at radius 1 is 0.955 bits per heavy atom. The van der Waals surface area contributed by atoms with Crippen LogP contribution in [0.15, 0.2) is 54.6 Å². The Morgan fingerprint density at radius 3 is 1.86 bits per heavy atom. The summed E-state index contributed by atoms with van der Waals surface area (Å²) < 4.78 is 57.5. The number of hydrogen-bond donors (Lipinski definition) is 1. The number of alkyl halides is 3. The van der Waals surface area contributed by atoms with Crippen LogP contribution in [-0.4, -0.2) is 18.5 Å². The molecule has 0 radical (unpaired) electrons. The largest absolute Gasteiger partial charge is 0.522 e. The first kappa shape index (κ1) is 17.7. The van der Waals surface area contributed by atoms with E-state index in [2.05, 4.69) is 6.07 Å². The minimum absolute atomic E-state index is 0.721. The van der Waals surface area contributed by atoms with Crippen LogP contribution in [0.5, 0.6) is 0 Å². The first-order chi connectivity index (χ1) is 10.2. The molecular weight excluding hydrogens is 319 g/mol. The van der Waals surface area contributed by atoms with Gasteiger partial charge in [-0.25, -0.2) is 0 Å². The normalized spacial score (nSPS) is 11.0. The van der Waals surface area contributed by atoms with Gasteiger partial charge in [0.2, 0.25) is 0 Å². The van der Waals surface area contributed by atoms with E-state index in [9.17, 15) is 13.2 Å². The minimum atomic E-state index is -5.84. The van der Waals surface area contributed by atoms with E-state index < -0.39 is 15.6 Å². The van der Waals surface area contributed by atoms with Gasteiger partial charge in [0.1, 0.15) is 0 Å². The molecule has 0 spiro atoms. The van der Waals surface area contributed by atoms with Crippen molar-refractivity contribution in [1.29, 1.82) is 5.26 Å². The van der Waals surface area contributed by atoms with E-state index in [0.29, 0.717) is 0 Å². The molecule has 0 bridgehead atoms. The maximum atomic E-state index is 10.7. The second-order valence-corrected chi connectivity index (χ2v) is 5.36. The third-order valence-electron chi connectivity index (χ3n) is 2.42. The first-order valence-corrected chi connectivity index (χ1v) is 7.19. The van der Waals surface area contributed by atoms with Gasteiger partial charge in [0.05, 0.1) is 11.6 Å². The summed E-state index contributed by atoms with van der Waals surface area (Å²) in [5.41, 5.74) is -2.73. The summed E-state index contributed by atoms with van der Waals surface area (Å²) in [7, 11) is -5.84. The van der Waals surface area contributed by atoms with Gasteiger partial charge >= 0.3 is 15.6 Å². The van der Waals surface area contributed by atoms with Crippen molar-refractivity contribution in [3.8, 4) is 17.2 Å². The second-order valence-electron chi connectivity index (χ2n) is 3.94. The van der Waals surface area contributed by atoms with Gasteiger partial charge in [-0.2, -0.15) is 26.9 Å². The highest BCUT2D eigenvalue weighted by molar-refractivity contribution is 7.86. The molecule has 0 aromatic heterocycles. The summed E-state index contributed by atoms with van der Waals surface area (Å²) in [5.74, 6) is 0. The SMILES string of the molecule is N#Cc1ccccc1-c1ccccc1.O=S(=O)(O)C(F)(F)F. The maximum absolute atomic E-state index is 10.7. The Hall–Kier alpha value is -2.37. The number of nitrogens with zero attached hydrogens (tertiary/aromatic N) is 1. The Balaban J connectivity index is 0.000000261. The standard InChI is InChI=1S/C13H9N.CHF3O3S/c14-10-12-8-4-5-9-13(12)11-6-2-1-3-7-11;2-1(3,4)8(5,6)7/h1-9H;(H,5,6,7). The molecule has 8 heteroatoms. The van der Waals surface area contributed by atoms with E-state index in [1.807, 2.05) is 54.6 Å². The lowest BCUT2D eigenvalue weighted by Crippen LogP contribution is -2.21. The Kier molecular flexibility index (Phi) is 5.68. The monoisotopic (exact) mass is 329 g/mol. The van der Waals surface area contributed by atoms with E-state index in [4.69, 9.17) is 18.2 Å². The third kappa shape index (κ3) is 4.87. The maximum Gasteiger partial charge on any atom is 0.522 e. The Labute approximate surface area is 125 Å². The molecule has 2 aromatic carbocycles. The molecule has 0 saturated carbocycles. The molecule has 0 amide bonds. The number of halogens is 3. The topological polar surface area (TPSA) is 78.2 Å². The van der Waals surface area contributed by atoms with Gasteiger partial charge < -0.3 is 0 Å². The predicted molar refractivity (Wildman–Crippen MR) is 74.2 cm³/mol. The zero-order valence-corrected chi connectivity index (χ0v) is 11.8. The smallest absolute Gasteiger partial charge is 0.279 e. The molecule has 0 saturated heterocycles. The lowest BCUT2D eigenvalue weighted by molar-refractivity contribution is -0.0510. The predicted octanol–water partition coefficient (Wildman–Crippen LogP) is 3.62. The summed E-state index contributed by atoms with van der Waals surface area (Å²) in [4.78, 5) is 0. The molecule has 0 unspecified atom stereocenters.